The van der Waals surface area contributed by atoms with Crippen LogP contribution < -0.4 is 0 Å². The van der Waals surface area contributed by atoms with E-state index in [1.165, 1.54) is 11.8 Å². The maximum absolute atomic E-state index is 12.4. The van der Waals surface area contributed by atoms with Gasteiger partial charge in [0.1, 0.15) is 0 Å². The Kier molecular flexibility index (Phi) is 3.62. The molecule has 2 aromatic rings. The number of hydrogen-bond donors (Lipinski definition) is 0. The first-order valence-electron chi connectivity index (χ1n) is 7.42. The number of rotatable bonds is 2. The van der Waals surface area contributed by atoms with Crippen LogP contribution in [0.3, 0.4) is 0 Å². The lowest BCUT2D eigenvalue weighted by atomic mass is 9.75. The Hall–Kier alpha value is -1.65. The first kappa shape index (κ1) is 15.3. The van der Waals surface area contributed by atoms with E-state index in [-0.39, 0.29) is 11.5 Å². The molecule has 3 rings (SSSR count). The Labute approximate surface area is 132 Å². The Balaban J connectivity index is 2.26. The molecule has 1 atom stereocenters. The van der Waals surface area contributed by atoms with Gasteiger partial charge in [0.25, 0.3) is 0 Å². The lowest BCUT2D eigenvalue weighted by molar-refractivity contribution is 0.268. The molecule has 0 N–H and O–H groups in total. The molecule has 3 nitrogen and oxygen atoms in total. The molecule has 0 aliphatic carbocycles. The van der Waals surface area contributed by atoms with Gasteiger partial charge in [0.05, 0.1) is 12.3 Å². The summed E-state index contributed by atoms with van der Waals surface area (Å²) < 4.78 is 26.4. The van der Waals surface area contributed by atoms with Gasteiger partial charge in [-0.25, -0.2) is 8.42 Å². The molecule has 22 heavy (non-hydrogen) atoms. The zero-order valence-electron chi connectivity index (χ0n) is 13.2. The minimum absolute atomic E-state index is 0.203. The third-order valence-electron chi connectivity index (χ3n) is 4.36. The van der Waals surface area contributed by atoms with Crippen LogP contribution >= 0.6 is 0 Å². The third-order valence-corrected chi connectivity index (χ3v) is 5.56. The summed E-state index contributed by atoms with van der Waals surface area (Å²) in [6.07, 6.45) is 1.30. The molecule has 4 heteroatoms. The molecule has 1 unspecified atom stereocenters. The molecule has 0 bridgehead atoms. The fourth-order valence-corrected chi connectivity index (χ4v) is 4.54. The predicted molar refractivity (Wildman–Crippen MR) is 89.3 cm³/mol. The summed E-state index contributed by atoms with van der Waals surface area (Å²) in [4.78, 5) is 0. The summed E-state index contributed by atoms with van der Waals surface area (Å²) >= 11 is 0. The molecule has 2 aromatic carbocycles. The molecule has 0 saturated carbocycles. The van der Waals surface area contributed by atoms with Crippen LogP contribution in [0.25, 0.3) is 0 Å². The fraction of sp³-hybridized carbons (Fsp3) is 0.333. The molecule has 116 valence electrons. The van der Waals surface area contributed by atoms with Crippen LogP contribution in [0.1, 0.15) is 36.6 Å². The van der Waals surface area contributed by atoms with Gasteiger partial charge in [0.15, 0.2) is 0 Å². The van der Waals surface area contributed by atoms with Gasteiger partial charge in [-0.15, -0.1) is 0 Å². The van der Waals surface area contributed by atoms with E-state index in [1.54, 1.807) is 4.31 Å². The first-order valence-corrected chi connectivity index (χ1v) is 9.27. The standard InChI is InChI=1S/C18H21NO2S/c1-18(2)13-19(22(3,20)21)17(14-9-5-4-6-10-14)15-11-7-8-12-16(15)18/h4-12,17H,13H2,1-3H3. The zero-order valence-corrected chi connectivity index (χ0v) is 14.0. The lowest BCUT2D eigenvalue weighted by Crippen LogP contribution is -2.47. The molecule has 0 fully saturated rings. The van der Waals surface area contributed by atoms with Crippen molar-refractivity contribution in [2.75, 3.05) is 12.8 Å². The summed E-state index contributed by atoms with van der Waals surface area (Å²) in [7, 11) is -3.30. The zero-order chi connectivity index (χ0) is 16.0. The molecular weight excluding hydrogens is 294 g/mol. The molecule has 0 spiro atoms. The lowest BCUT2D eigenvalue weighted by Gasteiger charge is -2.44. The average molecular weight is 315 g/mol. The van der Waals surface area contributed by atoms with Gasteiger partial charge in [-0.3, -0.25) is 0 Å². The van der Waals surface area contributed by atoms with Crippen molar-refractivity contribution in [3.05, 3.63) is 71.3 Å². The van der Waals surface area contributed by atoms with Crippen LogP contribution in [0.2, 0.25) is 0 Å². The Morgan fingerprint density at radius 3 is 2.23 bits per heavy atom. The van der Waals surface area contributed by atoms with E-state index in [9.17, 15) is 8.42 Å². The quantitative estimate of drug-likeness (QED) is 0.852. The van der Waals surface area contributed by atoms with Gasteiger partial charge in [-0.2, -0.15) is 4.31 Å². The number of sulfonamides is 1. The molecule has 1 aliphatic rings. The summed E-state index contributed by atoms with van der Waals surface area (Å²) in [5, 5.41) is 0. The third kappa shape index (κ3) is 2.57. The number of fused-ring (bicyclic) bond motifs is 1. The van der Waals surface area contributed by atoms with Gasteiger partial charge in [0.2, 0.25) is 10.0 Å². The second-order valence-electron chi connectivity index (χ2n) is 6.59. The molecule has 1 aliphatic heterocycles. The van der Waals surface area contributed by atoms with Gasteiger partial charge in [-0.05, 0) is 16.7 Å². The summed E-state index contributed by atoms with van der Waals surface area (Å²) in [5.41, 5.74) is 3.11. The van der Waals surface area contributed by atoms with Crippen molar-refractivity contribution in [2.24, 2.45) is 0 Å². The largest absolute Gasteiger partial charge is 0.212 e. The highest BCUT2D eigenvalue weighted by atomic mass is 32.2. The number of benzene rings is 2. The van der Waals surface area contributed by atoms with E-state index in [1.807, 2.05) is 48.5 Å². The predicted octanol–water partition coefficient (Wildman–Crippen LogP) is 3.33. The molecular formula is C18H21NO2S. The summed E-state index contributed by atoms with van der Waals surface area (Å²) in [6.45, 7) is 4.69. The highest BCUT2D eigenvalue weighted by molar-refractivity contribution is 7.88. The van der Waals surface area contributed by atoms with Crippen molar-refractivity contribution in [3.8, 4) is 0 Å². The van der Waals surface area contributed by atoms with E-state index in [2.05, 4.69) is 19.9 Å². The topological polar surface area (TPSA) is 37.4 Å². The summed E-state index contributed by atoms with van der Waals surface area (Å²) in [6, 6.07) is 17.8. The normalized spacial score (nSPS) is 21.3. The van der Waals surface area contributed by atoms with Gasteiger partial charge in [-0.1, -0.05) is 68.4 Å². The van der Waals surface area contributed by atoms with E-state index in [0.717, 1.165) is 11.1 Å². The van der Waals surface area contributed by atoms with Crippen molar-refractivity contribution in [2.45, 2.75) is 25.3 Å². The highest BCUT2D eigenvalue weighted by Crippen LogP contribution is 2.43. The van der Waals surface area contributed by atoms with Crippen LogP contribution in [-0.2, 0) is 15.4 Å². The van der Waals surface area contributed by atoms with E-state index < -0.39 is 10.0 Å². The fourth-order valence-electron chi connectivity index (χ4n) is 3.36. The van der Waals surface area contributed by atoms with Crippen LogP contribution in [0, 0.1) is 0 Å². The Bertz CT molecular complexity index is 782. The molecule has 1 heterocycles. The highest BCUT2D eigenvalue weighted by Gasteiger charge is 2.41. The molecule has 0 radical (unpaired) electrons. The van der Waals surface area contributed by atoms with E-state index in [4.69, 9.17) is 0 Å². The van der Waals surface area contributed by atoms with Crippen LogP contribution in [0.4, 0.5) is 0 Å². The van der Waals surface area contributed by atoms with Gasteiger partial charge >= 0.3 is 0 Å². The minimum Gasteiger partial charge on any atom is -0.212 e. The molecule has 0 saturated heterocycles. The first-order chi connectivity index (χ1) is 10.3. The number of hydrogen-bond acceptors (Lipinski definition) is 2. The van der Waals surface area contributed by atoms with Crippen LogP contribution in [-0.4, -0.2) is 25.5 Å². The maximum atomic E-state index is 12.4. The van der Waals surface area contributed by atoms with Gasteiger partial charge in [0, 0.05) is 12.0 Å². The molecule has 0 aromatic heterocycles. The van der Waals surface area contributed by atoms with Crippen molar-refractivity contribution in [1.82, 2.24) is 4.31 Å². The minimum atomic E-state index is -3.30. The monoisotopic (exact) mass is 315 g/mol. The van der Waals surface area contributed by atoms with E-state index >= 15 is 0 Å². The SMILES string of the molecule is CC1(C)CN(S(C)(=O)=O)C(c2ccccc2)c2ccccc21. The van der Waals surface area contributed by atoms with Crippen molar-refractivity contribution in [1.29, 1.82) is 0 Å². The average Bonchev–Trinajstić information content (AvgIpc) is 2.47. The molecule has 0 amide bonds. The van der Waals surface area contributed by atoms with Crippen molar-refractivity contribution in [3.63, 3.8) is 0 Å². The Morgan fingerprint density at radius 2 is 1.59 bits per heavy atom. The van der Waals surface area contributed by atoms with Gasteiger partial charge < -0.3 is 0 Å². The van der Waals surface area contributed by atoms with Crippen LogP contribution in [0.5, 0.6) is 0 Å². The van der Waals surface area contributed by atoms with E-state index in [0.29, 0.717) is 6.54 Å². The van der Waals surface area contributed by atoms with Crippen molar-refractivity contribution < 1.29 is 8.42 Å². The second kappa shape index (κ2) is 5.21. The van der Waals surface area contributed by atoms with Crippen molar-refractivity contribution >= 4 is 10.0 Å². The Morgan fingerprint density at radius 1 is 1.00 bits per heavy atom. The second-order valence-corrected chi connectivity index (χ2v) is 8.53. The number of nitrogens with zero attached hydrogens (tertiary/aromatic N) is 1. The smallest absolute Gasteiger partial charge is 0.212 e. The van der Waals surface area contributed by atoms with Crippen LogP contribution in [0.15, 0.2) is 54.6 Å². The summed E-state index contributed by atoms with van der Waals surface area (Å²) in [5.74, 6) is 0. The maximum Gasteiger partial charge on any atom is 0.212 e.